The number of nitrogens with one attached hydrogen (secondary N) is 1. The summed E-state index contributed by atoms with van der Waals surface area (Å²) in [4.78, 5) is 14.3. The summed E-state index contributed by atoms with van der Waals surface area (Å²) in [6.45, 7) is 1.83. The number of aliphatic hydroxyl groups excluding tert-OH is 3. The zero-order valence-corrected chi connectivity index (χ0v) is 12.7. The van der Waals surface area contributed by atoms with Crippen LogP contribution in [0.1, 0.15) is 24.6 Å². The van der Waals surface area contributed by atoms with Gasteiger partial charge in [0, 0.05) is 26.0 Å². The maximum Gasteiger partial charge on any atom is 0.328 e. The highest BCUT2D eigenvalue weighted by molar-refractivity contribution is 7.71. The van der Waals surface area contributed by atoms with E-state index in [4.69, 9.17) is 32.3 Å². The third kappa shape index (κ3) is 4.80. The maximum atomic E-state index is 11.7. The molecule has 2 atom stereocenters. The Morgan fingerprint density at radius 2 is 2.00 bits per heavy atom. The van der Waals surface area contributed by atoms with Gasteiger partial charge >= 0.3 is 5.69 Å². The van der Waals surface area contributed by atoms with E-state index in [1.807, 2.05) is 6.92 Å². The van der Waals surface area contributed by atoms with Gasteiger partial charge in [-0.1, -0.05) is 12.2 Å². The smallest absolute Gasteiger partial charge is 0.328 e. The van der Waals surface area contributed by atoms with Gasteiger partial charge in [0.15, 0.2) is 0 Å². The molecule has 1 aromatic rings. The molecule has 0 bridgehead atoms. The molecule has 1 aliphatic heterocycles. The van der Waals surface area contributed by atoms with Crippen LogP contribution in [0.3, 0.4) is 0 Å². The van der Waals surface area contributed by atoms with Crippen molar-refractivity contribution in [2.45, 2.75) is 32.1 Å². The number of aromatic nitrogens is 2. The molecule has 2 rings (SSSR count). The minimum absolute atomic E-state index is 0.00688. The van der Waals surface area contributed by atoms with Crippen molar-refractivity contribution in [2.24, 2.45) is 0 Å². The first-order valence-electron chi connectivity index (χ1n) is 6.09. The average molecular weight is 306 g/mol. The number of hydrogen-bond acceptors (Lipinski definition) is 6. The molecule has 1 aromatic heterocycles. The molecule has 116 valence electrons. The maximum absolute atomic E-state index is 11.7. The molecule has 0 aliphatic carbocycles. The van der Waals surface area contributed by atoms with Gasteiger partial charge in [-0.25, -0.2) is 4.79 Å². The topological polar surface area (TPSA) is 108 Å². The predicted octanol–water partition coefficient (Wildman–Crippen LogP) is 0.101. The summed E-state index contributed by atoms with van der Waals surface area (Å²) in [5, 5.41) is 23.0. The van der Waals surface area contributed by atoms with Crippen LogP contribution in [0.2, 0.25) is 0 Å². The van der Waals surface area contributed by atoms with Gasteiger partial charge in [-0.2, -0.15) is 0 Å². The van der Waals surface area contributed by atoms with Gasteiger partial charge in [0.1, 0.15) is 10.9 Å². The van der Waals surface area contributed by atoms with Gasteiger partial charge in [-0.15, -0.1) is 0 Å². The lowest BCUT2D eigenvalue weighted by atomic mass is 10.2. The molecule has 0 saturated carbocycles. The lowest BCUT2D eigenvalue weighted by Crippen LogP contribution is -2.27. The second-order valence-corrected chi connectivity index (χ2v) is 4.36. The molecule has 7 nitrogen and oxygen atoms in total. The van der Waals surface area contributed by atoms with Crippen molar-refractivity contribution in [3.05, 3.63) is 26.9 Å². The van der Waals surface area contributed by atoms with Gasteiger partial charge in [-0.3, -0.25) is 9.55 Å². The van der Waals surface area contributed by atoms with E-state index in [0.29, 0.717) is 4.64 Å². The number of rotatable bonds is 2. The highest BCUT2D eigenvalue weighted by atomic mass is 32.1. The monoisotopic (exact) mass is 306 g/mol. The van der Waals surface area contributed by atoms with Crippen LogP contribution in [-0.2, 0) is 4.74 Å². The number of aliphatic hydroxyl groups is 3. The summed E-state index contributed by atoms with van der Waals surface area (Å²) in [6, 6.07) is 0. The van der Waals surface area contributed by atoms with E-state index in [1.54, 1.807) is 6.20 Å². The number of ether oxygens (including phenoxy) is 1. The second-order valence-electron chi connectivity index (χ2n) is 3.95. The van der Waals surface area contributed by atoms with Crippen molar-refractivity contribution in [3.63, 3.8) is 0 Å². The Balaban J connectivity index is 0.000000829. The molecular formula is C12H22N2O5S. The average Bonchev–Trinajstić information content (AvgIpc) is 2.96. The van der Waals surface area contributed by atoms with Crippen LogP contribution in [0.5, 0.6) is 0 Å². The zero-order chi connectivity index (χ0) is 15.7. The van der Waals surface area contributed by atoms with E-state index >= 15 is 0 Å². The van der Waals surface area contributed by atoms with Crippen LogP contribution in [0.15, 0.2) is 11.0 Å². The van der Waals surface area contributed by atoms with Crippen LogP contribution in [0.4, 0.5) is 0 Å². The highest BCUT2D eigenvalue weighted by Crippen LogP contribution is 2.26. The van der Waals surface area contributed by atoms with Crippen LogP contribution < -0.4 is 5.69 Å². The molecule has 8 heteroatoms. The van der Waals surface area contributed by atoms with Crippen LogP contribution in [0, 0.1) is 11.6 Å². The Morgan fingerprint density at radius 1 is 1.40 bits per heavy atom. The third-order valence-corrected chi connectivity index (χ3v) is 3.17. The molecule has 1 saturated heterocycles. The molecule has 2 unspecified atom stereocenters. The van der Waals surface area contributed by atoms with Crippen LogP contribution >= 0.6 is 12.2 Å². The van der Waals surface area contributed by atoms with Crippen molar-refractivity contribution < 1.29 is 20.1 Å². The normalized spacial score (nSPS) is 20.5. The molecule has 0 radical (unpaired) electrons. The lowest BCUT2D eigenvalue weighted by molar-refractivity contribution is -0.0246. The van der Waals surface area contributed by atoms with Gasteiger partial charge in [0.2, 0.25) is 0 Å². The quantitative estimate of drug-likeness (QED) is 0.577. The summed E-state index contributed by atoms with van der Waals surface area (Å²) in [6.07, 6.45) is 2.74. The van der Waals surface area contributed by atoms with Gasteiger partial charge in [-0.05, 0) is 19.8 Å². The largest absolute Gasteiger partial charge is 0.400 e. The van der Waals surface area contributed by atoms with E-state index in [2.05, 4.69) is 4.98 Å². The third-order valence-electron chi connectivity index (χ3n) is 2.74. The molecule has 0 amide bonds. The minimum Gasteiger partial charge on any atom is -0.400 e. The van der Waals surface area contributed by atoms with E-state index in [1.165, 1.54) is 4.57 Å². The van der Waals surface area contributed by atoms with Crippen molar-refractivity contribution in [3.8, 4) is 0 Å². The van der Waals surface area contributed by atoms with E-state index in [9.17, 15) is 4.79 Å². The van der Waals surface area contributed by atoms with E-state index in [-0.39, 0.29) is 24.6 Å². The van der Waals surface area contributed by atoms with E-state index in [0.717, 1.165) is 32.6 Å². The Morgan fingerprint density at radius 3 is 2.50 bits per heavy atom. The standard InChI is InChI=1S/C10H14N2O3S.2CH4O/c1-6-4-12(10(14)11-9(6)16)8-3-2-7(5-13)15-8;2*1-2/h4,7-8,13H,2-3,5H2,1H3,(H,11,14,16);2*2H,1H3. The number of H-pyrrole nitrogens is 1. The molecule has 2 heterocycles. The van der Waals surface area contributed by atoms with Crippen molar-refractivity contribution in [2.75, 3.05) is 20.8 Å². The molecular weight excluding hydrogens is 284 g/mol. The first kappa shape index (κ1) is 18.9. The SMILES string of the molecule is CO.CO.Cc1cn(C2CCC(CO)O2)c(=O)[nH]c1=S. The minimum atomic E-state index is -0.296. The molecule has 4 N–H and O–H groups in total. The molecule has 20 heavy (non-hydrogen) atoms. The Hall–Kier alpha value is -1.06. The summed E-state index contributed by atoms with van der Waals surface area (Å²) >= 11 is 4.97. The lowest BCUT2D eigenvalue weighted by Gasteiger charge is -2.15. The summed E-state index contributed by atoms with van der Waals surface area (Å²) in [7, 11) is 2.00. The Kier molecular flexibility index (Phi) is 9.26. The number of aryl methyl sites for hydroxylation is 1. The fourth-order valence-corrected chi connectivity index (χ4v) is 1.97. The summed E-state index contributed by atoms with van der Waals surface area (Å²) in [5.74, 6) is 0. The summed E-state index contributed by atoms with van der Waals surface area (Å²) in [5.41, 5.74) is 0.574. The van der Waals surface area contributed by atoms with Gasteiger partial charge in [0.05, 0.1) is 12.7 Å². The van der Waals surface area contributed by atoms with E-state index < -0.39 is 0 Å². The molecule has 1 fully saturated rings. The number of aromatic amines is 1. The first-order chi connectivity index (χ1) is 9.61. The molecule has 0 spiro atoms. The Bertz CT molecular complexity index is 499. The van der Waals surface area contributed by atoms with Crippen molar-refractivity contribution in [1.82, 2.24) is 9.55 Å². The van der Waals surface area contributed by atoms with Gasteiger partial charge < -0.3 is 20.1 Å². The van der Waals surface area contributed by atoms with Crippen molar-refractivity contribution >= 4 is 12.2 Å². The zero-order valence-electron chi connectivity index (χ0n) is 11.9. The number of nitrogens with zero attached hydrogens (tertiary/aromatic N) is 1. The first-order valence-corrected chi connectivity index (χ1v) is 6.50. The predicted molar refractivity (Wildman–Crippen MR) is 77.1 cm³/mol. The fourth-order valence-electron chi connectivity index (χ4n) is 1.83. The fraction of sp³-hybridized carbons (Fsp3) is 0.667. The van der Waals surface area contributed by atoms with Crippen LogP contribution in [0.25, 0.3) is 0 Å². The van der Waals surface area contributed by atoms with Crippen molar-refractivity contribution in [1.29, 1.82) is 0 Å². The Labute approximate surface area is 122 Å². The van der Waals surface area contributed by atoms with Gasteiger partial charge in [0.25, 0.3) is 0 Å². The van der Waals surface area contributed by atoms with Crippen LogP contribution in [-0.4, -0.2) is 51.8 Å². The molecule has 0 aromatic carbocycles. The molecule has 1 aliphatic rings. The summed E-state index contributed by atoms with van der Waals surface area (Å²) < 4.78 is 7.49. The number of hydrogen-bond donors (Lipinski definition) is 4. The second kappa shape index (κ2) is 9.78. The highest BCUT2D eigenvalue weighted by Gasteiger charge is 2.26.